The van der Waals surface area contributed by atoms with Crippen molar-refractivity contribution < 1.29 is 36.6 Å². The van der Waals surface area contributed by atoms with Crippen LogP contribution >= 0.6 is 0 Å². The molecule has 0 aliphatic rings. The maximum Gasteiger partial charge on any atom is 0.331 e. The number of halogens is 5. The highest BCUT2D eigenvalue weighted by Crippen LogP contribution is 2.27. The minimum Gasteiger partial charge on any atom is -0.478 e. The Balaban J connectivity index is 3.31. The molecule has 1 rings (SSSR count). The number of nitrogens with one attached hydrogen (secondary N) is 1. The summed E-state index contributed by atoms with van der Waals surface area (Å²) < 4.78 is 65.3. The Hall–Kier alpha value is -2.45. The van der Waals surface area contributed by atoms with Crippen molar-refractivity contribution in [2.75, 3.05) is 5.32 Å². The third kappa shape index (κ3) is 3.01. The molecule has 1 amide bonds. The van der Waals surface area contributed by atoms with Crippen molar-refractivity contribution >= 4 is 17.6 Å². The summed E-state index contributed by atoms with van der Waals surface area (Å²) in [4.78, 5) is 22.2. The number of anilines is 1. The minimum atomic E-state index is -2.36. The number of rotatable bonds is 3. The van der Waals surface area contributed by atoms with E-state index in [-0.39, 0.29) is 0 Å². The van der Waals surface area contributed by atoms with Gasteiger partial charge in [0.25, 0.3) is 5.91 Å². The molecule has 1 aromatic rings. The smallest absolute Gasteiger partial charge is 0.331 e. The van der Waals surface area contributed by atoms with E-state index in [0.717, 1.165) is 13.8 Å². The van der Waals surface area contributed by atoms with Gasteiger partial charge in [0, 0.05) is 11.1 Å². The number of hydrogen-bond acceptors (Lipinski definition) is 2. The van der Waals surface area contributed by atoms with Crippen LogP contribution in [0.2, 0.25) is 0 Å². The second-order valence-electron chi connectivity index (χ2n) is 3.95. The zero-order valence-corrected chi connectivity index (χ0v) is 10.7. The van der Waals surface area contributed by atoms with E-state index in [1.807, 2.05) is 0 Å². The molecule has 0 aromatic heterocycles. The van der Waals surface area contributed by atoms with Gasteiger partial charge in [0.05, 0.1) is 0 Å². The fourth-order valence-electron chi connectivity index (χ4n) is 1.25. The first kappa shape index (κ1) is 16.6. The lowest BCUT2D eigenvalue weighted by molar-refractivity contribution is -0.133. The van der Waals surface area contributed by atoms with Gasteiger partial charge in [-0.3, -0.25) is 4.79 Å². The first-order valence-corrected chi connectivity index (χ1v) is 5.33. The molecule has 114 valence electrons. The highest BCUT2D eigenvalue weighted by Gasteiger charge is 2.27. The highest BCUT2D eigenvalue weighted by atomic mass is 19.2. The maximum absolute atomic E-state index is 13.3. The first-order chi connectivity index (χ1) is 9.59. The van der Waals surface area contributed by atoms with E-state index in [1.165, 1.54) is 5.32 Å². The Morgan fingerprint density at radius 2 is 1.19 bits per heavy atom. The topological polar surface area (TPSA) is 66.4 Å². The van der Waals surface area contributed by atoms with Crippen LogP contribution in [0.1, 0.15) is 13.8 Å². The normalized spacial score (nSPS) is 12.0. The summed E-state index contributed by atoms with van der Waals surface area (Å²) >= 11 is 0. The summed E-state index contributed by atoms with van der Waals surface area (Å²) in [7, 11) is 0. The van der Waals surface area contributed by atoms with E-state index in [1.54, 1.807) is 0 Å². The van der Waals surface area contributed by atoms with Gasteiger partial charge in [0.1, 0.15) is 5.69 Å². The van der Waals surface area contributed by atoms with Gasteiger partial charge in [-0.2, -0.15) is 0 Å². The van der Waals surface area contributed by atoms with E-state index in [4.69, 9.17) is 5.11 Å². The van der Waals surface area contributed by atoms with E-state index in [2.05, 4.69) is 0 Å². The average Bonchev–Trinajstić information content (AvgIpc) is 2.45. The Kier molecular flexibility index (Phi) is 4.66. The molecule has 1 aromatic carbocycles. The van der Waals surface area contributed by atoms with Crippen LogP contribution in [-0.4, -0.2) is 17.0 Å². The third-order valence-corrected chi connectivity index (χ3v) is 2.67. The Labute approximate surface area is 114 Å². The van der Waals surface area contributed by atoms with Crippen LogP contribution in [0, 0.1) is 29.1 Å². The van der Waals surface area contributed by atoms with Gasteiger partial charge in [-0.15, -0.1) is 0 Å². The van der Waals surface area contributed by atoms with Crippen molar-refractivity contribution in [3.63, 3.8) is 0 Å². The van der Waals surface area contributed by atoms with Crippen LogP contribution in [0.15, 0.2) is 11.1 Å². The number of aliphatic carboxylic acids is 1. The molecule has 0 radical (unpaired) electrons. The van der Waals surface area contributed by atoms with Gasteiger partial charge < -0.3 is 10.4 Å². The zero-order valence-electron chi connectivity index (χ0n) is 10.7. The van der Waals surface area contributed by atoms with Crippen molar-refractivity contribution in [3.8, 4) is 0 Å². The van der Waals surface area contributed by atoms with Gasteiger partial charge in [0.15, 0.2) is 23.3 Å². The molecule has 0 saturated heterocycles. The van der Waals surface area contributed by atoms with Gasteiger partial charge in [-0.1, -0.05) is 0 Å². The number of amides is 1. The lowest BCUT2D eigenvalue weighted by Crippen LogP contribution is -2.19. The largest absolute Gasteiger partial charge is 0.478 e. The van der Waals surface area contributed by atoms with E-state index < -0.39 is 57.8 Å². The molecule has 0 saturated carbocycles. The van der Waals surface area contributed by atoms with E-state index >= 15 is 0 Å². The van der Waals surface area contributed by atoms with Crippen LogP contribution in [0.25, 0.3) is 0 Å². The van der Waals surface area contributed by atoms with Crippen LogP contribution in [0.5, 0.6) is 0 Å². The van der Waals surface area contributed by atoms with Crippen molar-refractivity contribution in [2.24, 2.45) is 0 Å². The minimum absolute atomic E-state index is 0.448. The van der Waals surface area contributed by atoms with Crippen LogP contribution in [-0.2, 0) is 9.59 Å². The van der Waals surface area contributed by atoms with Gasteiger partial charge in [-0.25, -0.2) is 26.7 Å². The average molecular weight is 309 g/mol. The molecular weight excluding hydrogens is 301 g/mol. The summed E-state index contributed by atoms with van der Waals surface area (Å²) in [5, 5.41) is 10.1. The molecule has 0 fully saturated rings. The summed E-state index contributed by atoms with van der Waals surface area (Å²) in [6.07, 6.45) is 0. The number of carboxylic acids is 1. The molecule has 0 aliphatic heterocycles. The molecule has 0 aliphatic carbocycles. The molecule has 0 unspecified atom stereocenters. The second kappa shape index (κ2) is 5.90. The van der Waals surface area contributed by atoms with Gasteiger partial charge >= 0.3 is 5.97 Å². The molecule has 0 bridgehead atoms. The molecule has 0 atom stereocenters. The molecule has 21 heavy (non-hydrogen) atoms. The Morgan fingerprint density at radius 1 is 0.810 bits per heavy atom. The number of benzene rings is 1. The summed E-state index contributed by atoms with van der Waals surface area (Å²) in [6.45, 7) is 2.06. The summed E-state index contributed by atoms with van der Waals surface area (Å²) in [5.41, 5.74) is -2.45. The summed E-state index contributed by atoms with van der Waals surface area (Å²) in [6, 6.07) is 0. The van der Waals surface area contributed by atoms with E-state index in [9.17, 15) is 31.5 Å². The monoisotopic (exact) mass is 309 g/mol. The summed E-state index contributed by atoms with van der Waals surface area (Å²) in [5.74, 6) is -14.0. The van der Waals surface area contributed by atoms with Crippen molar-refractivity contribution in [3.05, 3.63) is 40.2 Å². The molecule has 4 nitrogen and oxygen atoms in total. The number of hydrogen-bond donors (Lipinski definition) is 2. The number of carbonyl (C=O) groups is 2. The fourth-order valence-corrected chi connectivity index (χ4v) is 1.25. The Bertz CT molecular complexity index is 640. The number of carboxylic acid groups (broad SMARTS) is 1. The maximum atomic E-state index is 13.3. The molecule has 0 spiro atoms. The third-order valence-electron chi connectivity index (χ3n) is 2.67. The lowest BCUT2D eigenvalue weighted by Gasteiger charge is -2.10. The molecule has 0 heterocycles. The molecular formula is C12H8F5NO3. The quantitative estimate of drug-likeness (QED) is 0.390. The van der Waals surface area contributed by atoms with Crippen molar-refractivity contribution in [1.82, 2.24) is 0 Å². The van der Waals surface area contributed by atoms with E-state index in [0.29, 0.717) is 0 Å². The Morgan fingerprint density at radius 3 is 1.57 bits per heavy atom. The predicted octanol–water partition coefficient (Wildman–Crippen LogP) is 2.74. The predicted molar refractivity (Wildman–Crippen MR) is 60.9 cm³/mol. The van der Waals surface area contributed by atoms with Crippen LogP contribution < -0.4 is 5.32 Å². The second-order valence-corrected chi connectivity index (χ2v) is 3.95. The van der Waals surface area contributed by atoms with Crippen LogP contribution in [0.3, 0.4) is 0 Å². The van der Waals surface area contributed by atoms with Gasteiger partial charge in [0.2, 0.25) is 5.82 Å². The van der Waals surface area contributed by atoms with Crippen molar-refractivity contribution in [2.45, 2.75) is 13.8 Å². The zero-order chi connectivity index (χ0) is 16.5. The van der Waals surface area contributed by atoms with Crippen LogP contribution in [0.4, 0.5) is 27.6 Å². The standard InChI is InChI=1S/C12H8F5NO3/c1-3(4(2)12(20)21)11(19)18-10-8(16)6(14)5(13)7(15)9(10)17/h1-2H3,(H,18,19)(H,20,21). The van der Waals surface area contributed by atoms with Gasteiger partial charge in [-0.05, 0) is 13.8 Å². The molecule has 9 heteroatoms. The fraction of sp³-hybridized carbons (Fsp3) is 0.167. The molecule has 2 N–H and O–H groups in total. The lowest BCUT2D eigenvalue weighted by atomic mass is 10.1. The SMILES string of the molecule is CC(C(=O)O)=C(C)C(=O)Nc1c(F)c(F)c(F)c(F)c1F. The highest BCUT2D eigenvalue weighted by molar-refractivity contribution is 6.08. The first-order valence-electron chi connectivity index (χ1n) is 5.33. The van der Waals surface area contributed by atoms with Crippen molar-refractivity contribution in [1.29, 1.82) is 0 Å². The number of carbonyl (C=O) groups excluding carboxylic acids is 1.